The number of carbonyl (C=O) groups excluding carboxylic acids is 1. The van der Waals surface area contributed by atoms with Gasteiger partial charge in [-0.15, -0.1) is 10.2 Å². The van der Waals surface area contributed by atoms with Crippen molar-refractivity contribution in [1.82, 2.24) is 14.8 Å². The molecule has 0 bridgehead atoms. The van der Waals surface area contributed by atoms with Gasteiger partial charge in [-0.25, -0.2) is 0 Å². The number of amides is 1. The third kappa shape index (κ3) is 6.28. The Balaban J connectivity index is 1.77. The lowest BCUT2D eigenvalue weighted by atomic mass is 10.2. The van der Waals surface area contributed by atoms with Gasteiger partial charge in [-0.05, 0) is 44.0 Å². The maximum atomic E-state index is 12.9. The Bertz CT molecular complexity index is 1040. The number of hydrogen-bond donors (Lipinski definition) is 0. The summed E-state index contributed by atoms with van der Waals surface area (Å²) in [4.78, 5) is 14.7. The molecule has 1 unspecified atom stereocenters. The molecule has 0 saturated heterocycles. The van der Waals surface area contributed by atoms with Gasteiger partial charge < -0.3 is 18.9 Å². The maximum Gasteiger partial charge on any atom is 0.237 e. The van der Waals surface area contributed by atoms with Crippen molar-refractivity contribution in [1.29, 1.82) is 0 Å². The number of ether oxygens (including phenoxy) is 2. The highest BCUT2D eigenvalue weighted by molar-refractivity contribution is 7.99. The van der Waals surface area contributed by atoms with E-state index in [9.17, 15) is 4.79 Å². The van der Waals surface area contributed by atoms with E-state index in [-0.39, 0.29) is 17.8 Å². The van der Waals surface area contributed by atoms with Crippen LogP contribution in [0.25, 0.3) is 0 Å². The van der Waals surface area contributed by atoms with Crippen molar-refractivity contribution < 1.29 is 14.3 Å². The summed E-state index contributed by atoms with van der Waals surface area (Å²) in [5.74, 6) is 2.73. The predicted octanol–water partition coefficient (Wildman–Crippen LogP) is 5.23. The molecule has 1 atom stereocenters. The van der Waals surface area contributed by atoms with Gasteiger partial charge in [0.15, 0.2) is 28.6 Å². The summed E-state index contributed by atoms with van der Waals surface area (Å²) in [6, 6.07) is 17.3. The molecule has 1 heterocycles. The number of methoxy groups -OCH3 is 1. The molecule has 3 rings (SSSR count). The van der Waals surface area contributed by atoms with Crippen LogP contribution in [-0.2, 0) is 11.3 Å². The average molecular weight is 469 g/mol. The fraction of sp³-hybridized carbons (Fsp3) is 0.400. The van der Waals surface area contributed by atoms with Crippen LogP contribution in [-0.4, -0.2) is 40.1 Å². The van der Waals surface area contributed by atoms with Crippen LogP contribution in [0.3, 0.4) is 0 Å². The molecule has 0 fully saturated rings. The number of anilines is 1. The van der Waals surface area contributed by atoms with E-state index in [1.807, 2.05) is 68.4 Å². The average Bonchev–Trinajstić information content (AvgIpc) is 3.21. The summed E-state index contributed by atoms with van der Waals surface area (Å²) in [5, 5.41) is 9.54. The summed E-state index contributed by atoms with van der Waals surface area (Å²) >= 11 is 1.41. The molecule has 1 aromatic heterocycles. The predicted molar refractivity (Wildman–Crippen MR) is 132 cm³/mol. The van der Waals surface area contributed by atoms with Gasteiger partial charge in [0.25, 0.3) is 0 Å². The highest BCUT2D eigenvalue weighted by atomic mass is 32.2. The van der Waals surface area contributed by atoms with Crippen LogP contribution < -0.4 is 14.4 Å². The van der Waals surface area contributed by atoms with Crippen LogP contribution in [0.2, 0.25) is 0 Å². The Kier molecular flexibility index (Phi) is 8.77. The lowest BCUT2D eigenvalue weighted by Gasteiger charge is -2.21. The Morgan fingerprint density at radius 1 is 1.03 bits per heavy atom. The highest BCUT2D eigenvalue weighted by Gasteiger charge is 2.23. The number of aromatic nitrogens is 3. The first kappa shape index (κ1) is 24.6. The van der Waals surface area contributed by atoms with Crippen LogP contribution in [0.5, 0.6) is 11.5 Å². The summed E-state index contributed by atoms with van der Waals surface area (Å²) in [5.41, 5.74) is 0.897. The molecule has 0 aliphatic heterocycles. The van der Waals surface area contributed by atoms with Crippen LogP contribution in [0.15, 0.2) is 59.8 Å². The molecule has 7 nitrogen and oxygen atoms in total. The topological polar surface area (TPSA) is 69.5 Å². The van der Waals surface area contributed by atoms with Gasteiger partial charge in [-0.2, -0.15) is 0 Å². The van der Waals surface area contributed by atoms with Crippen LogP contribution in [0, 0.1) is 5.92 Å². The molecule has 33 heavy (non-hydrogen) atoms. The molecule has 0 aliphatic rings. The number of nitrogens with zero attached hydrogens (tertiary/aromatic N) is 4. The zero-order valence-corrected chi connectivity index (χ0v) is 20.7. The fourth-order valence-corrected chi connectivity index (χ4v) is 4.35. The van der Waals surface area contributed by atoms with E-state index < -0.39 is 0 Å². The van der Waals surface area contributed by atoms with Crippen molar-refractivity contribution in [3.8, 4) is 11.5 Å². The molecule has 0 saturated carbocycles. The second kappa shape index (κ2) is 11.7. The van der Waals surface area contributed by atoms with Gasteiger partial charge in [-0.3, -0.25) is 4.79 Å². The van der Waals surface area contributed by atoms with E-state index in [1.54, 1.807) is 12.0 Å². The monoisotopic (exact) mass is 468 g/mol. The van der Waals surface area contributed by atoms with Crippen molar-refractivity contribution in [2.75, 3.05) is 24.3 Å². The van der Waals surface area contributed by atoms with Crippen molar-refractivity contribution in [2.45, 2.75) is 45.5 Å². The molecule has 176 valence electrons. The first-order chi connectivity index (χ1) is 15.9. The van der Waals surface area contributed by atoms with Gasteiger partial charge in [0.1, 0.15) is 0 Å². The minimum Gasteiger partial charge on any atom is -0.493 e. The lowest BCUT2D eigenvalue weighted by Crippen LogP contribution is -2.32. The largest absolute Gasteiger partial charge is 0.493 e. The van der Waals surface area contributed by atoms with Crippen molar-refractivity contribution in [3.05, 3.63) is 60.4 Å². The molecule has 1 amide bonds. The quantitative estimate of drug-likeness (QED) is 0.359. The van der Waals surface area contributed by atoms with E-state index in [1.165, 1.54) is 11.8 Å². The van der Waals surface area contributed by atoms with E-state index >= 15 is 0 Å². The second-order valence-corrected chi connectivity index (χ2v) is 8.96. The molecule has 0 radical (unpaired) electrons. The third-order valence-electron chi connectivity index (χ3n) is 5.04. The molecule has 0 N–H and O–H groups in total. The van der Waals surface area contributed by atoms with Gasteiger partial charge in [-0.1, -0.05) is 55.9 Å². The van der Waals surface area contributed by atoms with E-state index in [0.717, 1.165) is 18.1 Å². The lowest BCUT2D eigenvalue weighted by molar-refractivity contribution is -0.116. The summed E-state index contributed by atoms with van der Waals surface area (Å²) in [6.45, 7) is 9.55. The zero-order chi connectivity index (χ0) is 23.8. The summed E-state index contributed by atoms with van der Waals surface area (Å²) in [6.07, 6.45) is -0.339. The van der Waals surface area contributed by atoms with Gasteiger partial charge in [0, 0.05) is 18.8 Å². The second-order valence-electron chi connectivity index (χ2n) is 8.02. The Morgan fingerprint density at radius 2 is 1.70 bits per heavy atom. The van der Waals surface area contributed by atoms with Crippen molar-refractivity contribution in [3.63, 3.8) is 0 Å². The SMILES string of the molecule is CCN(C(=O)CSc1nnc(C(C)Oc2ccccc2OC)n1CC(C)C)c1ccccc1. The van der Waals surface area contributed by atoms with Gasteiger partial charge in [0.05, 0.1) is 12.9 Å². The summed E-state index contributed by atoms with van der Waals surface area (Å²) < 4.78 is 13.6. The first-order valence-electron chi connectivity index (χ1n) is 11.2. The molecular formula is C25H32N4O3S. The normalized spacial score (nSPS) is 11.9. The Morgan fingerprint density at radius 3 is 2.33 bits per heavy atom. The van der Waals surface area contributed by atoms with Gasteiger partial charge in [0.2, 0.25) is 5.91 Å². The van der Waals surface area contributed by atoms with Crippen LogP contribution >= 0.6 is 11.8 Å². The van der Waals surface area contributed by atoms with Crippen LogP contribution in [0.1, 0.15) is 39.6 Å². The number of rotatable bonds is 11. The van der Waals surface area contributed by atoms with Crippen molar-refractivity contribution >= 4 is 23.4 Å². The minimum atomic E-state index is -0.339. The zero-order valence-electron chi connectivity index (χ0n) is 19.9. The minimum absolute atomic E-state index is 0.0349. The van der Waals surface area contributed by atoms with E-state index in [0.29, 0.717) is 29.1 Å². The molecule has 0 aliphatic carbocycles. The maximum absolute atomic E-state index is 12.9. The van der Waals surface area contributed by atoms with E-state index in [4.69, 9.17) is 9.47 Å². The first-order valence-corrected chi connectivity index (χ1v) is 12.1. The molecule has 3 aromatic rings. The standard InChI is InChI=1S/C25H32N4O3S/c1-6-28(20-12-8-7-9-13-20)23(30)17-33-25-27-26-24(29(25)16-18(2)3)19(4)32-22-15-11-10-14-21(22)31-5/h7-15,18-19H,6,16-17H2,1-5H3. The smallest absolute Gasteiger partial charge is 0.237 e. The number of benzene rings is 2. The van der Waals surface area contributed by atoms with Crippen molar-refractivity contribution in [2.24, 2.45) is 5.92 Å². The Hall–Kier alpha value is -3.00. The Labute approximate surface area is 200 Å². The van der Waals surface area contributed by atoms with Crippen LogP contribution in [0.4, 0.5) is 5.69 Å². The number of carbonyl (C=O) groups is 1. The number of hydrogen-bond acceptors (Lipinski definition) is 6. The fourth-order valence-electron chi connectivity index (χ4n) is 3.52. The number of para-hydroxylation sites is 3. The number of thioether (sulfide) groups is 1. The third-order valence-corrected chi connectivity index (χ3v) is 5.99. The van der Waals surface area contributed by atoms with Gasteiger partial charge >= 0.3 is 0 Å². The highest BCUT2D eigenvalue weighted by Crippen LogP contribution is 2.31. The molecule has 0 spiro atoms. The molecule has 8 heteroatoms. The summed E-state index contributed by atoms with van der Waals surface area (Å²) in [7, 11) is 1.62. The molecule has 2 aromatic carbocycles. The van der Waals surface area contributed by atoms with E-state index in [2.05, 4.69) is 28.6 Å². The molecular weight excluding hydrogens is 436 g/mol.